The van der Waals surface area contributed by atoms with E-state index < -0.39 is 0 Å². The Hall–Kier alpha value is -1.65. The fraction of sp³-hybridized carbons (Fsp3) is 0.412. The number of amides is 2. The van der Waals surface area contributed by atoms with Crippen molar-refractivity contribution in [1.82, 2.24) is 4.90 Å². The normalized spacial score (nSPS) is 25.5. The van der Waals surface area contributed by atoms with Crippen LogP contribution in [0.15, 0.2) is 36.4 Å². The topological polar surface area (TPSA) is 41.8 Å². The molecule has 1 aromatic rings. The van der Waals surface area contributed by atoms with Gasteiger partial charge in [0.25, 0.3) is 0 Å². The summed E-state index contributed by atoms with van der Waals surface area (Å²) < 4.78 is 0. The number of halogens is 1. The molecule has 116 valence electrons. The smallest absolute Gasteiger partial charge is 0.237 e. The first-order valence-corrected chi connectivity index (χ1v) is 8.00. The molecule has 1 fully saturated rings. The van der Waals surface area contributed by atoms with Crippen LogP contribution in [-0.2, 0) is 16.1 Å². The summed E-state index contributed by atoms with van der Waals surface area (Å²) in [6, 6.07) is 7.68. The highest BCUT2D eigenvalue weighted by molar-refractivity contribution is 6.30. The van der Waals surface area contributed by atoms with Gasteiger partial charge in [0.2, 0.25) is 11.8 Å². The lowest BCUT2D eigenvalue weighted by molar-refractivity contribution is -0.901. The summed E-state index contributed by atoms with van der Waals surface area (Å²) in [4.78, 5) is 27.4. The highest BCUT2D eigenvalue weighted by atomic mass is 35.5. The van der Waals surface area contributed by atoms with Gasteiger partial charge in [0.15, 0.2) is 6.67 Å². The van der Waals surface area contributed by atoms with E-state index in [1.807, 2.05) is 43.5 Å². The van der Waals surface area contributed by atoms with Gasteiger partial charge in [-0.15, -0.1) is 0 Å². The van der Waals surface area contributed by atoms with Crippen molar-refractivity contribution in [2.24, 2.45) is 11.8 Å². The number of nitrogens with zero attached hydrogens (tertiary/aromatic N) is 1. The van der Waals surface area contributed by atoms with Crippen LogP contribution in [0.25, 0.3) is 0 Å². The Morgan fingerprint density at radius 2 is 1.82 bits per heavy atom. The maximum absolute atomic E-state index is 12.4. The largest absolute Gasteiger partial charge is 0.316 e. The minimum atomic E-state index is -0.142. The number of quaternary nitrogens is 1. The molecule has 1 unspecified atom stereocenters. The number of rotatable bonds is 4. The maximum Gasteiger partial charge on any atom is 0.237 e. The first kappa shape index (κ1) is 15.3. The Morgan fingerprint density at radius 1 is 1.18 bits per heavy atom. The lowest BCUT2D eigenvalue weighted by Crippen LogP contribution is -3.09. The summed E-state index contributed by atoms with van der Waals surface area (Å²) >= 11 is 5.99. The average molecular weight is 320 g/mol. The molecule has 1 aliphatic heterocycles. The zero-order valence-corrected chi connectivity index (χ0v) is 13.3. The summed E-state index contributed by atoms with van der Waals surface area (Å²) in [6.45, 7) is 1.14. The predicted octanol–water partition coefficient (Wildman–Crippen LogP) is 1.26. The van der Waals surface area contributed by atoms with Crippen LogP contribution in [0.5, 0.6) is 0 Å². The molecule has 0 bridgehead atoms. The van der Waals surface area contributed by atoms with E-state index in [4.69, 9.17) is 11.6 Å². The van der Waals surface area contributed by atoms with Crippen LogP contribution in [0.3, 0.4) is 0 Å². The third-order valence-corrected chi connectivity index (χ3v) is 4.66. The summed E-state index contributed by atoms with van der Waals surface area (Å²) in [6.07, 6.45) is 5.41. The van der Waals surface area contributed by atoms with Crippen LogP contribution in [0, 0.1) is 11.8 Å². The highest BCUT2D eigenvalue weighted by Crippen LogP contribution is 2.34. The second kappa shape index (κ2) is 6.23. The van der Waals surface area contributed by atoms with Crippen LogP contribution >= 0.6 is 11.6 Å². The standard InChI is InChI=1S/C17H19ClN2O2/c1-19(10-12-5-4-6-13(18)9-12)11-20-16(21)14-7-2-3-8-15(14)17(20)22/h2-6,9,14-15H,7-8,10-11H2,1H3/p+1/t14-,15-/m0/s1. The van der Waals surface area contributed by atoms with Gasteiger partial charge in [-0.25, -0.2) is 4.90 Å². The molecule has 5 heteroatoms. The van der Waals surface area contributed by atoms with Crippen molar-refractivity contribution in [1.29, 1.82) is 0 Å². The molecule has 0 saturated carbocycles. The quantitative estimate of drug-likeness (QED) is 0.670. The van der Waals surface area contributed by atoms with Crippen LogP contribution in [0.4, 0.5) is 0 Å². The van der Waals surface area contributed by atoms with Gasteiger partial charge < -0.3 is 4.90 Å². The zero-order chi connectivity index (χ0) is 15.7. The van der Waals surface area contributed by atoms with Gasteiger partial charge in [0, 0.05) is 10.6 Å². The first-order valence-electron chi connectivity index (χ1n) is 7.62. The first-order chi connectivity index (χ1) is 10.6. The van der Waals surface area contributed by atoms with Gasteiger partial charge in [-0.2, -0.15) is 0 Å². The van der Waals surface area contributed by atoms with E-state index in [2.05, 4.69) is 0 Å². The molecule has 22 heavy (non-hydrogen) atoms. The molecule has 0 radical (unpaired) electrons. The van der Waals surface area contributed by atoms with Crippen molar-refractivity contribution >= 4 is 23.4 Å². The van der Waals surface area contributed by atoms with E-state index in [1.54, 1.807) is 0 Å². The number of benzene rings is 1. The number of hydrogen-bond acceptors (Lipinski definition) is 2. The van der Waals surface area contributed by atoms with Crippen LogP contribution in [0.1, 0.15) is 18.4 Å². The number of fused-ring (bicyclic) bond motifs is 1. The molecule has 1 aromatic carbocycles. The van der Waals surface area contributed by atoms with Crippen molar-refractivity contribution < 1.29 is 14.5 Å². The maximum atomic E-state index is 12.4. The van der Waals surface area contributed by atoms with Crippen molar-refractivity contribution in [3.63, 3.8) is 0 Å². The number of likely N-dealkylation sites (tertiary alicyclic amines) is 1. The summed E-state index contributed by atoms with van der Waals surface area (Å²) in [5.41, 5.74) is 1.10. The minimum absolute atomic E-state index is 0.00945. The fourth-order valence-electron chi connectivity index (χ4n) is 3.35. The third-order valence-electron chi connectivity index (χ3n) is 4.42. The lowest BCUT2D eigenvalue weighted by atomic mass is 9.85. The number of hydrogen-bond donors (Lipinski definition) is 1. The number of carbonyl (C=O) groups excluding carboxylic acids is 2. The van der Waals surface area contributed by atoms with E-state index >= 15 is 0 Å². The molecular weight excluding hydrogens is 300 g/mol. The Labute approximate surface area is 135 Å². The van der Waals surface area contributed by atoms with Crippen molar-refractivity contribution in [3.05, 3.63) is 47.0 Å². The Balaban J connectivity index is 1.65. The number of nitrogens with one attached hydrogen (secondary N) is 1. The zero-order valence-electron chi connectivity index (χ0n) is 12.6. The molecule has 2 amide bonds. The highest BCUT2D eigenvalue weighted by Gasteiger charge is 2.48. The average Bonchev–Trinajstić information content (AvgIpc) is 2.73. The van der Waals surface area contributed by atoms with Crippen LogP contribution < -0.4 is 4.90 Å². The second-order valence-corrected chi connectivity index (χ2v) is 6.62. The molecule has 0 aromatic heterocycles. The second-order valence-electron chi connectivity index (χ2n) is 6.18. The summed E-state index contributed by atoms with van der Waals surface area (Å²) in [5, 5.41) is 0.704. The molecule has 0 spiro atoms. The fourth-order valence-corrected chi connectivity index (χ4v) is 3.56. The molecule has 1 saturated heterocycles. The van der Waals surface area contributed by atoms with Crippen LogP contribution in [-0.4, -0.2) is 30.4 Å². The monoisotopic (exact) mass is 319 g/mol. The third kappa shape index (κ3) is 2.94. The lowest BCUT2D eigenvalue weighted by Gasteiger charge is -2.20. The van der Waals surface area contributed by atoms with E-state index in [0.29, 0.717) is 24.5 Å². The van der Waals surface area contributed by atoms with Crippen molar-refractivity contribution in [2.75, 3.05) is 13.7 Å². The molecule has 3 rings (SSSR count). The van der Waals surface area contributed by atoms with E-state index in [0.717, 1.165) is 17.0 Å². The van der Waals surface area contributed by atoms with Crippen LogP contribution in [0.2, 0.25) is 5.02 Å². The molecule has 1 heterocycles. The molecule has 4 nitrogen and oxygen atoms in total. The van der Waals surface area contributed by atoms with Gasteiger partial charge >= 0.3 is 0 Å². The number of carbonyl (C=O) groups is 2. The summed E-state index contributed by atoms with van der Waals surface area (Å²) in [5.74, 6) is -0.303. The van der Waals surface area contributed by atoms with Crippen molar-refractivity contribution in [3.8, 4) is 0 Å². The predicted molar refractivity (Wildman–Crippen MR) is 84.1 cm³/mol. The van der Waals surface area contributed by atoms with Gasteiger partial charge in [-0.05, 0) is 25.0 Å². The Morgan fingerprint density at radius 3 is 2.41 bits per heavy atom. The van der Waals surface area contributed by atoms with Gasteiger partial charge in [-0.3, -0.25) is 9.59 Å². The molecule has 1 aliphatic carbocycles. The van der Waals surface area contributed by atoms with E-state index in [-0.39, 0.29) is 23.7 Å². The Kier molecular flexibility index (Phi) is 4.32. The van der Waals surface area contributed by atoms with Crippen molar-refractivity contribution in [2.45, 2.75) is 19.4 Å². The molecular formula is C17H20ClN2O2+. The van der Waals surface area contributed by atoms with E-state index in [9.17, 15) is 9.59 Å². The minimum Gasteiger partial charge on any atom is -0.316 e. The SMILES string of the molecule is C[NH+](Cc1cccc(Cl)c1)CN1C(=O)[C@H]2CC=CC[C@@H]2C1=O. The number of allylic oxidation sites excluding steroid dienone is 2. The van der Waals surface area contributed by atoms with Gasteiger partial charge in [0.05, 0.1) is 18.9 Å². The molecule has 3 atom stereocenters. The molecule has 1 N–H and O–H groups in total. The van der Waals surface area contributed by atoms with Gasteiger partial charge in [-0.1, -0.05) is 35.9 Å². The summed E-state index contributed by atoms with van der Waals surface area (Å²) in [7, 11) is 1.99. The van der Waals surface area contributed by atoms with Gasteiger partial charge in [0.1, 0.15) is 6.54 Å². The molecule has 2 aliphatic rings. The Bertz CT molecular complexity index is 603. The number of imide groups is 1. The van der Waals surface area contributed by atoms with E-state index in [1.165, 1.54) is 4.90 Å².